The van der Waals surface area contributed by atoms with E-state index >= 15 is 0 Å². The summed E-state index contributed by atoms with van der Waals surface area (Å²) in [5.41, 5.74) is -0.624. The van der Waals surface area contributed by atoms with Crippen LogP contribution in [-0.2, 0) is 4.79 Å². The van der Waals surface area contributed by atoms with Crippen LogP contribution in [0.25, 0.3) is 0 Å². The molecule has 1 aliphatic rings. The van der Waals surface area contributed by atoms with Crippen LogP contribution in [0, 0.1) is 23.2 Å². The average Bonchev–Trinajstić information content (AvgIpc) is 2.51. The number of thioether (sulfide) groups is 1. The predicted octanol–water partition coefficient (Wildman–Crippen LogP) is 2.67. The van der Waals surface area contributed by atoms with Gasteiger partial charge in [-0.05, 0) is 50.2 Å². The minimum atomic E-state index is -0.624. The fourth-order valence-corrected chi connectivity index (χ4v) is 3.70. The highest BCUT2D eigenvalue weighted by Crippen LogP contribution is 2.36. The van der Waals surface area contributed by atoms with Gasteiger partial charge in [-0.2, -0.15) is 5.26 Å². The first kappa shape index (κ1) is 18.3. The second-order valence-electron chi connectivity index (χ2n) is 6.49. The van der Waals surface area contributed by atoms with Crippen LogP contribution >= 0.6 is 11.8 Å². The molecule has 1 saturated carbocycles. The molecule has 21 heavy (non-hydrogen) atoms. The van der Waals surface area contributed by atoms with Crippen molar-refractivity contribution in [2.24, 2.45) is 11.8 Å². The van der Waals surface area contributed by atoms with E-state index in [1.165, 1.54) is 0 Å². The highest BCUT2D eigenvalue weighted by atomic mass is 32.2. The number of hydrogen-bond donors (Lipinski definition) is 1. The maximum absolute atomic E-state index is 12.6. The summed E-state index contributed by atoms with van der Waals surface area (Å²) in [5, 5.41) is 18.5. The molecule has 1 rings (SSSR count). The number of aliphatic hydroxyl groups excluding tert-OH is 1. The van der Waals surface area contributed by atoms with Crippen LogP contribution in [0.5, 0.6) is 0 Å². The molecule has 1 amide bonds. The Morgan fingerprint density at radius 2 is 2.05 bits per heavy atom. The molecule has 1 fully saturated rings. The van der Waals surface area contributed by atoms with Crippen molar-refractivity contribution in [1.82, 2.24) is 4.90 Å². The number of aliphatic hydroxyl groups is 1. The van der Waals surface area contributed by atoms with Crippen LogP contribution in [0.4, 0.5) is 0 Å². The van der Waals surface area contributed by atoms with Gasteiger partial charge in [0, 0.05) is 13.7 Å². The molecule has 0 spiro atoms. The molecule has 120 valence electrons. The fourth-order valence-electron chi connectivity index (χ4n) is 2.68. The first-order chi connectivity index (χ1) is 9.86. The van der Waals surface area contributed by atoms with E-state index in [1.54, 1.807) is 23.7 Å². The van der Waals surface area contributed by atoms with E-state index in [9.17, 15) is 10.1 Å². The topological polar surface area (TPSA) is 64.3 Å². The lowest BCUT2D eigenvalue weighted by atomic mass is 9.77. The molecule has 0 aliphatic heterocycles. The Labute approximate surface area is 132 Å². The Morgan fingerprint density at radius 1 is 1.48 bits per heavy atom. The standard InChI is InChI=1S/C16H28N2O2S/c1-12-5-7-16(11-17,8-6-12)18(4)15(20)14(3)21-10-13(2)9-19/h12-14,19H,5-10H2,1-4H3. The van der Waals surface area contributed by atoms with E-state index in [2.05, 4.69) is 13.0 Å². The van der Waals surface area contributed by atoms with E-state index in [0.717, 1.165) is 31.4 Å². The second-order valence-corrected chi connectivity index (χ2v) is 7.86. The van der Waals surface area contributed by atoms with Crippen molar-refractivity contribution in [3.63, 3.8) is 0 Å². The smallest absolute Gasteiger partial charge is 0.236 e. The third-order valence-electron chi connectivity index (χ3n) is 4.57. The summed E-state index contributed by atoms with van der Waals surface area (Å²) in [6, 6.07) is 2.41. The molecule has 0 heterocycles. The SMILES string of the molecule is CC1CCC(C#N)(N(C)C(=O)C(C)SCC(C)CO)CC1. The second kappa shape index (κ2) is 8.05. The van der Waals surface area contributed by atoms with Crippen molar-refractivity contribution >= 4 is 17.7 Å². The van der Waals surface area contributed by atoms with Crippen molar-refractivity contribution in [3.8, 4) is 6.07 Å². The Balaban J connectivity index is 2.65. The third-order valence-corrected chi connectivity index (χ3v) is 6.04. The normalized spacial score (nSPS) is 28.5. The van der Waals surface area contributed by atoms with Crippen LogP contribution in [0.1, 0.15) is 46.5 Å². The first-order valence-electron chi connectivity index (χ1n) is 7.77. The van der Waals surface area contributed by atoms with Gasteiger partial charge >= 0.3 is 0 Å². The van der Waals surface area contributed by atoms with Gasteiger partial charge in [-0.3, -0.25) is 4.79 Å². The lowest BCUT2D eigenvalue weighted by molar-refractivity contribution is -0.134. The highest BCUT2D eigenvalue weighted by Gasteiger charge is 2.41. The Morgan fingerprint density at radius 3 is 2.52 bits per heavy atom. The maximum atomic E-state index is 12.6. The van der Waals surface area contributed by atoms with E-state index < -0.39 is 5.54 Å². The van der Waals surface area contributed by atoms with E-state index in [-0.39, 0.29) is 23.7 Å². The van der Waals surface area contributed by atoms with Crippen molar-refractivity contribution in [1.29, 1.82) is 5.26 Å². The molecule has 0 aromatic heterocycles. The molecule has 0 aromatic carbocycles. The molecular weight excluding hydrogens is 284 g/mol. The van der Waals surface area contributed by atoms with Gasteiger partial charge in [0.1, 0.15) is 5.54 Å². The number of hydrogen-bond acceptors (Lipinski definition) is 4. The van der Waals surface area contributed by atoms with E-state index in [1.807, 2.05) is 13.8 Å². The van der Waals surface area contributed by atoms with Crippen LogP contribution in [0.15, 0.2) is 0 Å². The first-order valence-corrected chi connectivity index (χ1v) is 8.82. The van der Waals surface area contributed by atoms with Crippen LogP contribution < -0.4 is 0 Å². The van der Waals surface area contributed by atoms with E-state index in [0.29, 0.717) is 5.92 Å². The van der Waals surface area contributed by atoms with Gasteiger partial charge in [-0.25, -0.2) is 0 Å². The van der Waals surface area contributed by atoms with Gasteiger partial charge in [0.2, 0.25) is 5.91 Å². The van der Waals surface area contributed by atoms with E-state index in [4.69, 9.17) is 5.11 Å². The van der Waals surface area contributed by atoms with Gasteiger partial charge in [-0.15, -0.1) is 11.8 Å². The minimum absolute atomic E-state index is 0.0289. The summed E-state index contributed by atoms with van der Waals surface area (Å²) in [7, 11) is 1.77. The average molecular weight is 312 g/mol. The summed E-state index contributed by atoms with van der Waals surface area (Å²) in [4.78, 5) is 14.3. The summed E-state index contributed by atoms with van der Waals surface area (Å²) >= 11 is 1.56. The number of nitriles is 1. The quantitative estimate of drug-likeness (QED) is 0.819. The number of carbonyl (C=O) groups excluding carboxylic acids is 1. The zero-order valence-corrected chi connectivity index (χ0v) is 14.4. The summed E-state index contributed by atoms with van der Waals surface area (Å²) in [6.07, 6.45) is 3.57. The molecule has 0 bridgehead atoms. The number of rotatable bonds is 6. The van der Waals surface area contributed by atoms with Gasteiger partial charge in [0.05, 0.1) is 11.3 Å². The zero-order chi connectivity index (χ0) is 16.0. The molecule has 0 aromatic rings. The highest BCUT2D eigenvalue weighted by molar-refractivity contribution is 8.00. The van der Waals surface area contributed by atoms with Gasteiger partial charge < -0.3 is 10.0 Å². The third kappa shape index (κ3) is 4.62. The largest absolute Gasteiger partial charge is 0.396 e. The summed E-state index contributed by atoms with van der Waals surface area (Å²) in [6.45, 7) is 6.21. The number of nitrogens with zero attached hydrogens (tertiary/aromatic N) is 2. The Bertz CT molecular complexity index is 386. The van der Waals surface area contributed by atoms with Crippen molar-refractivity contribution in [3.05, 3.63) is 0 Å². The van der Waals surface area contributed by atoms with Gasteiger partial charge in [-0.1, -0.05) is 13.8 Å². The van der Waals surface area contributed by atoms with Crippen LogP contribution in [0.2, 0.25) is 0 Å². The van der Waals surface area contributed by atoms with Crippen LogP contribution in [-0.4, -0.2) is 46.1 Å². The molecule has 1 aliphatic carbocycles. The fraction of sp³-hybridized carbons (Fsp3) is 0.875. The zero-order valence-electron chi connectivity index (χ0n) is 13.6. The Hall–Kier alpha value is -0.730. The molecular formula is C16H28N2O2S. The van der Waals surface area contributed by atoms with Crippen molar-refractivity contribution in [2.75, 3.05) is 19.4 Å². The molecule has 4 nitrogen and oxygen atoms in total. The predicted molar refractivity (Wildman–Crippen MR) is 86.9 cm³/mol. The van der Waals surface area contributed by atoms with Crippen molar-refractivity contribution in [2.45, 2.75) is 57.2 Å². The molecule has 5 heteroatoms. The molecule has 0 saturated heterocycles. The summed E-state index contributed by atoms with van der Waals surface area (Å²) < 4.78 is 0. The molecule has 1 N–H and O–H groups in total. The number of carbonyl (C=O) groups is 1. The molecule has 2 unspecified atom stereocenters. The maximum Gasteiger partial charge on any atom is 0.236 e. The van der Waals surface area contributed by atoms with Gasteiger partial charge in [0.15, 0.2) is 0 Å². The minimum Gasteiger partial charge on any atom is -0.396 e. The molecule has 0 radical (unpaired) electrons. The van der Waals surface area contributed by atoms with Gasteiger partial charge in [0.25, 0.3) is 0 Å². The Kier molecular flexibility index (Phi) is 7.02. The van der Waals surface area contributed by atoms with Crippen molar-refractivity contribution < 1.29 is 9.90 Å². The monoisotopic (exact) mass is 312 g/mol. The number of amides is 1. The van der Waals surface area contributed by atoms with Crippen LogP contribution in [0.3, 0.4) is 0 Å². The summed E-state index contributed by atoms with van der Waals surface area (Å²) in [5.74, 6) is 1.62. The lowest BCUT2D eigenvalue weighted by Crippen LogP contribution is -2.52. The molecule has 2 atom stereocenters. The lowest BCUT2D eigenvalue weighted by Gasteiger charge is -2.41.